The summed E-state index contributed by atoms with van der Waals surface area (Å²) in [5, 5.41) is 6.76. The van der Waals surface area contributed by atoms with Gasteiger partial charge in [0.1, 0.15) is 11.6 Å². The Labute approximate surface area is 138 Å². The summed E-state index contributed by atoms with van der Waals surface area (Å²) in [5.41, 5.74) is 1.15. The Balaban J connectivity index is 1.83. The fourth-order valence-electron chi connectivity index (χ4n) is 1.85. The van der Waals surface area contributed by atoms with Gasteiger partial charge in [-0.2, -0.15) is 0 Å². The minimum Gasteiger partial charge on any atom is -0.496 e. The van der Waals surface area contributed by atoms with Crippen LogP contribution in [0.1, 0.15) is 5.56 Å². The second-order valence-corrected chi connectivity index (χ2v) is 5.54. The molecule has 6 heteroatoms. The number of nitrogens with zero attached hydrogens (tertiary/aromatic N) is 1. The first-order chi connectivity index (χ1) is 10.2. The number of anilines is 1. The zero-order chi connectivity index (χ0) is 15.1. The van der Waals surface area contributed by atoms with E-state index in [-0.39, 0.29) is 0 Å². The maximum atomic E-state index is 5.32. The van der Waals surface area contributed by atoms with Gasteiger partial charge in [0.2, 0.25) is 0 Å². The molecular formula is C15H16BrN3OS. The number of rotatable bonds is 5. The van der Waals surface area contributed by atoms with Crippen LogP contribution in [0, 0.1) is 0 Å². The molecule has 0 fully saturated rings. The van der Waals surface area contributed by atoms with E-state index in [0.717, 1.165) is 28.8 Å². The van der Waals surface area contributed by atoms with E-state index in [2.05, 4.69) is 31.5 Å². The highest BCUT2D eigenvalue weighted by atomic mass is 79.9. The Bertz CT molecular complexity index is 621. The molecule has 21 heavy (non-hydrogen) atoms. The summed E-state index contributed by atoms with van der Waals surface area (Å²) in [5.74, 6) is 1.60. The lowest BCUT2D eigenvalue weighted by Gasteiger charge is -2.12. The van der Waals surface area contributed by atoms with E-state index < -0.39 is 0 Å². The molecule has 0 bridgehead atoms. The number of benzene rings is 1. The van der Waals surface area contributed by atoms with Crippen molar-refractivity contribution in [2.45, 2.75) is 6.42 Å². The molecular weight excluding hydrogens is 350 g/mol. The Morgan fingerprint density at radius 2 is 2.10 bits per heavy atom. The van der Waals surface area contributed by atoms with Gasteiger partial charge in [-0.05, 0) is 58.3 Å². The normalized spacial score (nSPS) is 10.0. The number of para-hydroxylation sites is 1. The van der Waals surface area contributed by atoms with E-state index in [1.165, 1.54) is 0 Å². The predicted octanol–water partition coefficient (Wildman–Crippen LogP) is 3.38. The lowest BCUT2D eigenvalue weighted by Crippen LogP contribution is -2.30. The van der Waals surface area contributed by atoms with Crippen molar-refractivity contribution in [1.29, 1.82) is 0 Å². The molecule has 0 spiro atoms. The van der Waals surface area contributed by atoms with Crippen LogP contribution in [0.5, 0.6) is 5.75 Å². The van der Waals surface area contributed by atoms with Crippen LogP contribution < -0.4 is 15.4 Å². The molecule has 1 heterocycles. The van der Waals surface area contributed by atoms with Crippen LogP contribution in [0.2, 0.25) is 0 Å². The number of ether oxygens (including phenoxy) is 1. The van der Waals surface area contributed by atoms with Crippen molar-refractivity contribution in [3.63, 3.8) is 0 Å². The van der Waals surface area contributed by atoms with Crippen molar-refractivity contribution in [3.8, 4) is 5.75 Å². The lowest BCUT2D eigenvalue weighted by molar-refractivity contribution is 0.409. The summed E-state index contributed by atoms with van der Waals surface area (Å²) in [7, 11) is 1.68. The fourth-order valence-corrected chi connectivity index (χ4v) is 2.40. The minimum absolute atomic E-state index is 0.546. The average Bonchev–Trinajstić information content (AvgIpc) is 2.50. The Kier molecular flexibility index (Phi) is 5.95. The topological polar surface area (TPSA) is 46.2 Å². The largest absolute Gasteiger partial charge is 0.496 e. The van der Waals surface area contributed by atoms with Gasteiger partial charge in [0.05, 0.1) is 11.6 Å². The van der Waals surface area contributed by atoms with E-state index in [1.807, 2.05) is 36.4 Å². The minimum atomic E-state index is 0.546. The van der Waals surface area contributed by atoms with Crippen LogP contribution in [0.15, 0.2) is 47.1 Å². The van der Waals surface area contributed by atoms with E-state index in [1.54, 1.807) is 13.3 Å². The van der Waals surface area contributed by atoms with Gasteiger partial charge >= 0.3 is 0 Å². The van der Waals surface area contributed by atoms with Gasteiger partial charge in [-0.15, -0.1) is 0 Å². The summed E-state index contributed by atoms with van der Waals surface area (Å²) in [6.07, 6.45) is 2.54. The monoisotopic (exact) mass is 365 g/mol. The van der Waals surface area contributed by atoms with Crippen LogP contribution in [0.3, 0.4) is 0 Å². The molecule has 2 aromatic rings. The first kappa shape index (κ1) is 15.7. The highest BCUT2D eigenvalue weighted by Crippen LogP contribution is 2.18. The molecule has 0 amide bonds. The quantitative estimate of drug-likeness (QED) is 0.795. The smallest absolute Gasteiger partial charge is 0.171 e. The van der Waals surface area contributed by atoms with E-state index in [0.29, 0.717) is 10.9 Å². The van der Waals surface area contributed by atoms with E-state index in [4.69, 9.17) is 17.0 Å². The summed E-state index contributed by atoms with van der Waals surface area (Å²) in [6, 6.07) is 11.7. The highest BCUT2D eigenvalue weighted by molar-refractivity contribution is 9.10. The molecule has 0 unspecified atom stereocenters. The van der Waals surface area contributed by atoms with Gasteiger partial charge in [-0.1, -0.05) is 18.2 Å². The number of halogens is 1. The molecule has 0 atom stereocenters. The summed E-state index contributed by atoms with van der Waals surface area (Å²) < 4.78 is 6.20. The zero-order valence-corrected chi connectivity index (χ0v) is 14.0. The second kappa shape index (κ2) is 7.95. The van der Waals surface area contributed by atoms with Crippen LogP contribution >= 0.6 is 28.1 Å². The molecule has 1 aromatic carbocycles. The van der Waals surface area contributed by atoms with Gasteiger partial charge in [-0.3, -0.25) is 0 Å². The van der Waals surface area contributed by atoms with Crippen molar-refractivity contribution in [3.05, 3.63) is 52.6 Å². The number of nitrogens with one attached hydrogen (secondary N) is 2. The molecule has 2 rings (SSSR count). The standard InChI is InChI=1S/C15H16BrN3OS/c1-20-13-7-3-2-5-11(13)8-10-18-15(21)19-14-12(16)6-4-9-17-14/h2-7,9H,8,10H2,1H3,(H2,17,18,19,21). The first-order valence-corrected chi connectivity index (χ1v) is 7.68. The third-order valence-corrected chi connectivity index (χ3v) is 3.75. The number of hydrogen-bond donors (Lipinski definition) is 2. The van der Waals surface area contributed by atoms with Crippen LogP contribution in [0.25, 0.3) is 0 Å². The molecule has 2 N–H and O–H groups in total. The third kappa shape index (κ3) is 4.68. The van der Waals surface area contributed by atoms with Gasteiger partial charge in [0.25, 0.3) is 0 Å². The van der Waals surface area contributed by atoms with E-state index in [9.17, 15) is 0 Å². The van der Waals surface area contributed by atoms with Crippen molar-refractivity contribution in [2.24, 2.45) is 0 Å². The molecule has 0 radical (unpaired) electrons. The van der Waals surface area contributed by atoms with Crippen LogP contribution in [-0.2, 0) is 6.42 Å². The maximum absolute atomic E-state index is 5.32. The summed E-state index contributed by atoms with van der Waals surface area (Å²) in [6.45, 7) is 0.719. The summed E-state index contributed by atoms with van der Waals surface area (Å²) >= 11 is 8.68. The highest BCUT2D eigenvalue weighted by Gasteiger charge is 2.04. The fraction of sp³-hybridized carbons (Fsp3) is 0.200. The third-order valence-electron chi connectivity index (χ3n) is 2.86. The average molecular weight is 366 g/mol. The molecule has 0 saturated heterocycles. The van der Waals surface area contributed by atoms with Crippen molar-refractivity contribution in [2.75, 3.05) is 19.0 Å². The van der Waals surface area contributed by atoms with E-state index >= 15 is 0 Å². The Hall–Kier alpha value is -1.66. The number of methoxy groups -OCH3 is 1. The molecule has 4 nitrogen and oxygen atoms in total. The number of thiocarbonyl (C=S) groups is 1. The van der Waals surface area contributed by atoms with Crippen molar-refractivity contribution >= 4 is 39.1 Å². The Morgan fingerprint density at radius 1 is 1.29 bits per heavy atom. The molecule has 0 aliphatic carbocycles. The van der Waals surface area contributed by atoms with Crippen LogP contribution in [0.4, 0.5) is 5.82 Å². The van der Waals surface area contributed by atoms with Gasteiger partial charge in [0.15, 0.2) is 5.11 Å². The van der Waals surface area contributed by atoms with Crippen LogP contribution in [-0.4, -0.2) is 23.8 Å². The SMILES string of the molecule is COc1ccccc1CCNC(=S)Nc1ncccc1Br. The van der Waals surface area contributed by atoms with Gasteiger partial charge < -0.3 is 15.4 Å². The van der Waals surface area contributed by atoms with Gasteiger partial charge in [0, 0.05) is 12.7 Å². The van der Waals surface area contributed by atoms with Crippen molar-refractivity contribution in [1.82, 2.24) is 10.3 Å². The molecule has 1 aromatic heterocycles. The molecule has 0 aliphatic heterocycles. The molecule has 0 aliphatic rings. The number of hydrogen-bond acceptors (Lipinski definition) is 3. The number of aromatic nitrogens is 1. The lowest BCUT2D eigenvalue weighted by atomic mass is 10.1. The second-order valence-electron chi connectivity index (χ2n) is 4.28. The number of pyridine rings is 1. The summed E-state index contributed by atoms with van der Waals surface area (Å²) in [4.78, 5) is 4.21. The first-order valence-electron chi connectivity index (χ1n) is 6.48. The van der Waals surface area contributed by atoms with Crippen molar-refractivity contribution < 1.29 is 4.74 Å². The molecule has 110 valence electrons. The Morgan fingerprint density at radius 3 is 2.86 bits per heavy atom. The van der Waals surface area contributed by atoms with Gasteiger partial charge in [-0.25, -0.2) is 4.98 Å². The molecule has 0 saturated carbocycles. The zero-order valence-electron chi connectivity index (χ0n) is 11.6. The maximum Gasteiger partial charge on any atom is 0.171 e. The predicted molar refractivity (Wildman–Crippen MR) is 92.9 cm³/mol.